The van der Waals surface area contributed by atoms with Crippen molar-refractivity contribution in [2.45, 2.75) is 11.9 Å². The second kappa shape index (κ2) is 6.01. The van der Waals surface area contributed by atoms with Crippen molar-refractivity contribution >= 4 is 57.2 Å². The molecule has 0 saturated heterocycles. The summed E-state index contributed by atoms with van der Waals surface area (Å²) in [6, 6.07) is 0. The topological polar surface area (TPSA) is 112 Å². The zero-order chi connectivity index (χ0) is 18.4. The molecule has 25 heavy (non-hydrogen) atoms. The summed E-state index contributed by atoms with van der Waals surface area (Å²) in [5, 5.41) is 0. The van der Waals surface area contributed by atoms with E-state index in [2.05, 4.69) is 0 Å². The van der Waals surface area contributed by atoms with Gasteiger partial charge in [0.15, 0.2) is 4.99 Å². The second-order valence-corrected chi connectivity index (χ2v) is 7.49. The normalized spacial score (nSPS) is 20.3. The van der Waals surface area contributed by atoms with Gasteiger partial charge in [-0.1, -0.05) is 0 Å². The van der Waals surface area contributed by atoms with E-state index in [4.69, 9.17) is 0 Å². The fraction of sp³-hybridized carbons (Fsp3) is 0.143. The Hall–Kier alpha value is -2.66. The first-order chi connectivity index (χ1) is 11.8. The van der Waals surface area contributed by atoms with E-state index >= 15 is 0 Å². The molecule has 0 aliphatic carbocycles. The molecular weight excluding hydrogens is 370 g/mol. The Morgan fingerprint density at radius 2 is 0.960 bits per heavy atom. The molecular formula is C14H9N3O6S2. The first-order valence-electron chi connectivity index (χ1n) is 6.80. The molecule has 0 spiro atoms. The van der Waals surface area contributed by atoms with Gasteiger partial charge in [-0.15, -0.1) is 0 Å². The summed E-state index contributed by atoms with van der Waals surface area (Å²) in [5.74, 6) is -4.07. The minimum atomic E-state index is -1.77. The van der Waals surface area contributed by atoms with Gasteiger partial charge < -0.3 is 0 Å². The molecule has 0 N–H and O–H groups in total. The summed E-state index contributed by atoms with van der Waals surface area (Å²) in [6.07, 6.45) is 6.18. The molecule has 6 amide bonds. The number of carbonyl (C=O) groups excluding carboxylic acids is 6. The molecule has 3 heterocycles. The highest BCUT2D eigenvalue weighted by Crippen LogP contribution is 2.45. The standard InChI is InChI=1S/C14H9N3O6S2/c1-14(15-8(18)2-3-9(15)19,16-10(20)4-5-11(16)21)24-25-17-12(22)6-7-13(17)23/h2-7H,1H3. The van der Waals surface area contributed by atoms with E-state index in [1.54, 1.807) is 0 Å². The van der Waals surface area contributed by atoms with Crippen LogP contribution in [0.3, 0.4) is 0 Å². The molecule has 0 fully saturated rings. The van der Waals surface area contributed by atoms with E-state index in [9.17, 15) is 28.8 Å². The van der Waals surface area contributed by atoms with Crippen LogP contribution >= 0.6 is 21.8 Å². The molecule has 0 aromatic rings. The van der Waals surface area contributed by atoms with Crippen molar-refractivity contribution in [1.29, 1.82) is 0 Å². The fourth-order valence-corrected chi connectivity index (χ4v) is 4.89. The zero-order valence-electron chi connectivity index (χ0n) is 12.6. The van der Waals surface area contributed by atoms with Crippen LogP contribution in [-0.4, -0.2) is 54.5 Å². The number of amides is 6. The van der Waals surface area contributed by atoms with E-state index in [0.29, 0.717) is 21.8 Å². The van der Waals surface area contributed by atoms with E-state index in [-0.39, 0.29) is 0 Å². The summed E-state index contributed by atoms with van der Waals surface area (Å²) in [5.41, 5.74) is 0. The molecule has 9 nitrogen and oxygen atoms in total. The number of rotatable bonds is 5. The van der Waals surface area contributed by atoms with Crippen molar-refractivity contribution in [1.82, 2.24) is 14.1 Å². The average Bonchev–Trinajstić information content (AvgIpc) is 3.17. The maximum atomic E-state index is 12.1. The lowest BCUT2D eigenvalue weighted by Gasteiger charge is -2.41. The number of hydrogen-bond acceptors (Lipinski definition) is 8. The summed E-state index contributed by atoms with van der Waals surface area (Å²) in [6.45, 7) is 1.31. The van der Waals surface area contributed by atoms with Gasteiger partial charge in [-0.2, -0.15) is 0 Å². The molecule has 11 heteroatoms. The SMILES string of the molecule is CC(SSN1C(=O)C=CC1=O)(N1C(=O)C=CC1=O)N1C(=O)C=CC1=O. The highest BCUT2D eigenvalue weighted by molar-refractivity contribution is 8.76. The molecule has 3 aliphatic rings. The van der Waals surface area contributed by atoms with Gasteiger partial charge >= 0.3 is 0 Å². The van der Waals surface area contributed by atoms with E-state index in [0.717, 1.165) is 50.6 Å². The van der Waals surface area contributed by atoms with Crippen molar-refractivity contribution in [3.63, 3.8) is 0 Å². The van der Waals surface area contributed by atoms with Crippen LogP contribution in [0.5, 0.6) is 0 Å². The summed E-state index contributed by atoms with van der Waals surface area (Å²) < 4.78 is 0.791. The third kappa shape index (κ3) is 2.70. The number of nitrogens with zero attached hydrogens (tertiary/aromatic N) is 3. The molecule has 3 rings (SSSR count). The van der Waals surface area contributed by atoms with Crippen LogP contribution in [0.2, 0.25) is 0 Å². The van der Waals surface area contributed by atoms with Crippen molar-refractivity contribution in [3.8, 4) is 0 Å². The molecule has 0 bridgehead atoms. The molecule has 0 unspecified atom stereocenters. The van der Waals surface area contributed by atoms with Gasteiger partial charge in [0, 0.05) is 47.4 Å². The number of hydrogen-bond donors (Lipinski definition) is 0. The molecule has 0 radical (unpaired) electrons. The Labute approximate surface area is 148 Å². The van der Waals surface area contributed by atoms with Crippen molar-refractivity contribution in [2.24, 2.45) is 0 Å². The van der Waals surface area contributed by atoms with Crippen LogP contribution in [0.15, 0.2) is 36.5 Å². The zero-order valence-corrected chi connectivity index (χ0v) is 14.2. The monoisotopic (exact) mass is 379 g/mol. The predicted octanol–water partition coefficient (Wildman–Crippen LogP) is -0.269. The summed E-state index contributed by atoms with van der Waals surface area (Å²) in [4.78, 5) is 71.4. The van der Waals surface area contributed by atoms with Gasteiger partial charge in [-0.25, -0.2) is 14.1 Å². The predicted molar refractivity (Wildman–Crippen MR) is 86.6 cm³/mol. The third-order valence-electron chi connectivity index (χ3n) is 3.49. The number of carbonyl (C=O) groups is 6. The summed E-state index contributed by atoms with van der Waals surface area (Å²) in [7, 11) is 1.32. The molecule has 128 valence electrons. The van der Waals surface area contributed by atoms with Crippen LogP contribution in [0.25, 0.3) is 0 Å². The average molecular weight is 379 g/mol. The first kappa shape index (κ1) is 17.2. The van der Waals surface area contributed by atoms with E-state index in [1.807, 2.05) is 0 Å². The van der Waals surface area contributed by atoms with Crippen molar-refractivity contribution in [2.75, 3.05) is 0 Å². The van der Waals surface area contributed by atoms with Gasteiger partial charge in [0.2, 0.25) is 0 Å². The van der Waals surface area contributed by atoms with Crippen molar-refractivity contribution < 1.29 is 28.8 Å². The van der Waals surface area contributed by atoms with Crippen LogP contribution in [0, 0.1) is 0 Å². The highest BCUT2D eigenvalue weighted by atomic mass is 33.1. The van der Waals surface area contributed by atoms with E-state index < -0.39 is 40.4 Å². The Morgan fingerprint density at radius 3 is 1.32 bits per heavy atom. The lowest BCUT2D eigenvalue weighted by molar-refractivity contribution is -0.153. The Kier molecular flexibility index (Phi) is 4.13. The second-order valence-electron chi connectivity index (χ2n) is 5.09. The van der Waals surface area contributed by atoms with Crippen LogP contribution in [0.1, 0.15) is 6.92 Å². The minimum Gasteiger partial charge on any atom is -0.269 e. The quantitative estimate of drug-likeness (QED) is 0.365. The first-order valence-corrected chi connectivity index (χ1v) is 8.91. The molecule has 3 aliphatic heterocycles. The van der Waals surface area contributed by atoms with Gasteiger partial charge in [0.1, 0.15) is 0 Å². The van der Waals surface area contributed by atoms with Crippen LogP contribution in [-0.2, 0) is 28.8 Å². The Bertz CT molecular complexity index is 734. The summed E-state index contributed by atoms with van der Waals surface area (Å²) >= 11 is 0. The van der Waals surface area contributed by atoms with E-state index in [1.165, 1.54) is 6.92 Å². The number of imide groups is 3. The molecule has 0 saturated carbocycles. The Balaban J connectivity index is 1.92. The lowest BCUT2D eigenvalue weighted by Crippen LogP contribution is -2.60. The maximum absolute atomic E-state index is 12.1. The maximum Gasteiger partial charge on any atom is 0.264 e. The van der Waals surface area contributed by atoms with Crippen LogP contribution in [0.4, 0.5) is 0 Å². The minimum absolute atomic E-state index is 0.598. The lowest BCUT2D eigenvalue weighted by atomic mass is 10.3. The van der Waals surface area contributed by atoms with Gasteiger partial charge in [-0.05, 0) is 17.7 Å². The smallest absolute Gasteiger partial charge is 0.264 e. The molecule has 0 atom stereocenters. The largest absolute Gasteiger partial charge is 0.269 e. The van der Waals surface area contributed by atoms with Gasteiger partial charge in [-0.3, -0.25) is 28.8 Å². The van der Waals surface area contributed by atoms with Crippen LogP contribution < -0.4 is 0 Å². The van der Waals surface area contributed by atoms with Crippen molar-refractivity contribution in [3.05, 3.63) is 36.5 Å². The van der Waals surface area contributed by atoms with Gasteiger partial charge in [0.05, 0.1) is 0 Å². The van der Waals surface area contributed by atoms with Gasteiger partial charge in [0.25, 0.3) is 35.4 Å². The Morgan fingerprint density at radius 1 is 0.640 bits per heavy atom. The third-order valence-corrected chi connectivity index (χ3v) is 6.37. The molecule has 0 aromatic heterocycles. The highest BCUT2D eigenvalue weighted by Gasteiger charge is 2.52. The molecule has 0 aromatic carbocycles. The fourth-order valence-electron chi connectivity index (χ4n) is 2.36.